The number of amides is 1. The van der Waals surface area contributed by atoms with Gasteiger partial charge in [-0.15, -0.1) is 0 Å². The monoisotopic (exact) mass is 727 g/mol. The Bertz CT molecular complexity index is 926. The number of carbonyl (C=O) groups is 1. The molecule has 0 aliphatic carbocycles. The largest absolute Gasteiger partial charge is 0.397 e. The average molecular weight is 728 g/mol. The van der Waals surface area contributed by atoms with Gasteiger partial charge in [-0.3, -0.25) is 9.35 Å². The van der Waals surface area contributed by atoms with Crippen LogP contribution in [0.2, 0.25) is 0 Å². The van der Waals surface area contributed by atoms with Crippen molar-refractivity contribution in [3.8, 4) is 0 Å². The molecule has 292 valence electrons. The number of nitrogens with one attached hydrogen (secondary N) is 1. The van der Waals surface area contributed by atoms with Crippen molar-refractivity contribution in [2.24, 2.45) is 0 Å². The SMILES string of the molecule is CCCCCCCCCCCCCCCCC(O)C(=O)NC(COC1OC(CO)C(O)C(OS(=O)(=O)O)C1O)C(O)CCCCCCCC. The molecule has 13 nitrogen and oxygen atoms in total. The molecule has 49 heavy (non-hydrogen) atoms. The number of carbonyl (C=O) groups excluding carboxylic acids is 1. The van der Waals surface area contributed by atoms with E-state index in [0.717, 1.165) is 51.4 Å². The van der Waals surface area contributed by atoms with Crippen LogP contribution in [-0.4, -0.2) is 107 Å². The number of hydrogen-bond donors (Lipinski definition) is 7. The zero-order valence-corrected chi connectivity index (χ0v) is 30.9. The maximum Gasteiger partial charge on any atom is 0.397 e. The maximum absolute atomic E-state index is 12.9. The zero-order chi connectivity index (χ0) is 36.5. The second-order valence-corrected chi connectivity index (χ2v) is 14.7. The summed E-state index contributed by atoms with van der Waals surface area (Å²) in [6, 6.07) is -1.02. The van der Waals surface area contributed by atoms with Gasteiger partial charge in [-0.05, 0) is 12.8 Å². The predicted molar refractivity (Wildman–Crippen MR) is 187 cm³/mol. The fraction of sp³-hybridized carbons (Fsp3) is 0.971. The van der Waals surface area contributed by atoms with Gasteiger partial charge in [0.2, 0.25) is 5.91 Å². The van der Waals surface area contributed by atoms with Gasteiger partial charge in [0, 0.05) is 0 Å². The van der Waals surface area contributed by atoms with Gasteiger partial charge in [0.25, 0.3) is 0 Å². The van der Waals surface area contributed by atoms with E-state index in [-0.39, 0.29) is 6.42 Å². The van der Waals surface area contributed by atoms with Crippen molar-refractivity contribution in [2.45, 2.75) is 204 Å². The van der Waals surface area contributed by atoms with E-state index in [1.165, 1.54) is 64.2 Å². The summed E-state index contributed by atoms with van der Waals surface area (Å²) in [5.74, 6) is -0.674. The standard InChI is InChI=1S/C35H69NO12S/c1-3-5-7-9-11-12-13-14-15-16-17-18-20-22-24-29(39)34(42)36-27(28(38)23-21-19-10-8-6-4-2)26-46-35-32(41)33(48-49(43,44)45)31(40)30(25-37)47-35/h27-33,35,37-41H,3-26H2,1-2H3,(H,36,42)(H,43,44,45). The summed E-state index contributed by atoms with van der Waals surface area (Å²) in [6.07, 6.45) is 12.1. The molecule has 1 aliphatic heterocycles. The number of aliphatic hydroxyl groups excluding tert-OH is 5. The van der Waals surface area contributed by atoms with Gasteiger partial charge < -0.3 is 40.3 Å². The number of ether oxygens (including phenoxy) is 2. The summed E-state index contributed by atoms with van der Waals surface area (Å²) in [6.45, 7) is 3.16. The number of rotatable bonds is 31. The molecule has 1 saturated heterocycles. The summed E-state index contributed by atoms with van der Waals surface area (Å²) < 4.78 is 47.1. The van der Waals surface area contributed by atoms with E-state index < -0.39 is 78.5 Å². The highest BCUT2D eigenvalue weighted by Crippen LogP contribution is 2.26. The molecular formula is C35H69NO12S. The van der Waals surface area contributed by atoms with Gasteiger partial charge in [-0.2, -0.15) is 8.42 Å². The van der Waals surface area contributed by atoms with E-state index >= 15 is 0 Å². The van der Waals surface area contributed by atoms with Crippen LogP contribution in [0.25, 0.3) is 0 Å². The Balaban J connectivity index is 2.59. The first-order valence-corrected chi connectivity index (χ1v) is 20.4. The molecule has 0 bridgehead atoms. The van der Waals surface area contributed by atoms with E-state index in [1.807, 2.05) is 0 Å². The second-order valence-electron chi connectivity index (χ2n) is 13.7. The molecule has 1 heterocycles. The molecule has 8 atom stereocenters. The highest BCUT2D eigenvalue weighted by Gasteiger charge is 2.48. The molecule has 1 rings (SSSR count). The molecule has 1 aliphatic rings. The molecule has 1 fully saturated rings. The molecule has 0 aromatic rings. The van der Waals surface area contributed by atoms with Gasteiger partial charge in [0.1, 0.15) is 30.5 Å². The zero-order valence-electron chi connectivity index (χ0n) is 30.1. The van der Waals surface area contributed by atoms with Crippen molar-refractivity contribution < 1.29 is 57.0 Å². The van der Waals surface area contributed by atoms with Crippen LogP contribution in [0.5, 0.6) is 0 Å². The van der Waals surface area contributed by atoms with Crippen molar-refractivity contribution in [3.05, 3.63) is 0 Å². The van der Waals surface area contributed by atoms with Crippen molar-refractivity contribution in [1.29, 1.82) is 0 Å². The minimum absolute atomic E-state index is 0.264. The van der Waals surface area contributed by atoms with Crippen molar-refractivity contribution in [2.75, 3.05) is 13.2 Å². The lowest BCUT2D eigenvalue weighted by Gasteiger charge is -2.41. The van der Waals surface area contributed by atoms with Gasteiger partial charge in [-0.1, -0.05) is 142 Å². The van der Waals surface area contributed by atoms with Crippen molar-refractivity contribution >= 4 is 16.3 Å². The van der Waals surface area contributed by atoms with E-state index in [9.17, 15) is 38.7 Å². The first kappa shape index (κ1) is 46.1. The Morgan fingerprint density at radius 3 is 1.63 bits per heavy atom. The normalized spacial score (nSPS) is 23.3. The lowest BCUT2D eigenvalue weighted by atomic mass is 9.99. The molecule has 8 unspecified atom stereocenters. The molecule has 1 amide bonds. The lowest BCUT2D eigenvalue weighted by Crippen LogP contribution is -2.61. The van der Waals surface area contributed by atoms with Crippen LogP contribution in [0.4, 0.5) is 0 Å². The summed E-state index contributed by atoms with van der Waals surface area (Å²) in [5.41, 5.74) is 0. The Kier molecular flexibility index (Phi) is 26.0. The van der Waals surface area contributed by atoms with Gasteiger partial charge in [0.05, 0.1) is 25.4 Å². The minimum Gasteiger partial charge on any atom is -0.394 e. The lowest BCUT2D eigenvalue weighted by molar-refractivity contribution is -0.298. The third-order valence-electron chi connectivity index (χ3n) is 9.27. The maximum atomic E-state index is 12.9. The Labute approximate surface area is 295 Å². The quantitative estimate of drug-likeness (QED) is 0.0390. The van der Waals surface area contributed by atoms with E-state index in [4.69, 9.17) is 14.0 Å². The van der Waals surface area contributed by atoms with E-state index in [1.54, 1.807) is 0 Å². The van der Waals surface area contributed by atoms with Crippen LogP contribution >= 0.6 is 0 Å². The van der Waals surface area contributed by atoms with Crippen LogP contribution in [0.1, 0.15) is 155 Å². The van der Waals surface area contributed by atoms with Gasteiger partial charge in [0.15, 0.2) is 6.29 Å². The number of hydrogen-bond acceptors (Lipinski definition) is 11. The van der Waals surface area contributed by atoms with Crippen LogP contribution < -0.4 is 5.32 Å². The highest BCUT2D eigenvalue weighted by atomic mass is 32.3. The smallest absolute Gasteiger partial charge is 0.394 e. The van der Waals surface area contributed by atoms with Crippen LogP contribution in [0.15, 0.2) is 0 Å². The van der Waals surface area contributed by atoms with Gasteiger partial charge >= 0.3 is 10.4 Å². The predicted octanol–water partition coefficient (Wildman–Crippen LogP) is 4.46. The van der Waals surface area contributed by atoms with Crippen molar-refractivity contribution in [3.63, 3.8) is 0 Å². The fourth-order valence-corrected chi connectivity index (χ4v) is 6.68. The molecule has 0 aromatic carbocycles. The summed E-state index contributed by atoms with van der Waals surface area (Å²) in [4.78, 5) is 12.9. The van der Waals surface area contributed by atoms with Crippen molar-refractivity contribution in [1.82, 2.24) is 5.32 Å². The minimum atomic E-state index is -5.09. The average Bonchev–Trinajstić information content (AvgIpc) is 3.06. The third kappa shape index (κ3) is 21.2. The molecule has 14 heteroatoms. The molecule has 0 aromatic heterocycles. The first-order valence-electron chi connectivity index (χ1n) is 19.0. The fourth-order valence-electron chi connectivity index (χ4n) is 6.17. The van der Waals surface area contributed by atoms with Gasteiger partial charge in [-0.25, -0.2) is 4.18 Å². The first-order chi connectivity index (χ1) is 23.4. The topological polar surface area (TPSA) is 212 Å². The molecule has 0 saturated carbocycles. The summed E-state index contributed by atoms with van der Waals surface area (Å²) in [5, 5.41) is 54.7. The Hall–Kier alpha value is -0.940. The molecular weight excluding hydrogens is 658 g/mol. The second kappa shape index (κ2) is 27.7. The highest BCUT2D eigenvalue weighted by molar-refractivity contribution is 7.80. The van der Waals surface area contributed by atoms with Crippen LogP contribution in [-0.2, 0) is 28.9 Å². The Morgan fingerprint density at radius 1 is 0.735 bits per heavy atom. The number of unbranched alkanes of at least 4 members (excludes halogenated alkanes) is 18. The number of aliphatic hydroxyl groups is 5. The molecule has 0 spiro atoms. The van der Waals surface area contributed by atoms with Crippen LogP contribution in [0.3, 0.4) is 0 Å². The van der Waals surface area contributed by atoms with E-state index in [0.29, 0.717) is 19.3 Å². The summed E-state index contributed by atoms with van der Waals surface area (Å²) >= 11 is 0. The third-order valence-corrected chi connectivity index (χ3v) is 9.74. The van der Waals surface area contributed by atoms with E-state index in [2.05, 4.69) is 23.3 Å². The molecule has 7 N–H and O–H groups in total. The van der Waals surface area contributed by atoms with Crippen LogP contribution in [0, 0.1) is 0 Å². The summed E-state index contributed by atoms with van der Waals surface area (Å²) in [7, 11) is -5.09. The Morgan fingerprint density at radius 2 is 1.18 bits per heavy atom. The molecule has 0 radical (unpaired) electrons.